The first-order valence-electron chi connectivity index (χ1n) is 8.10. The Labute approximate surface area is 152 Å². The fourth-order valence-electron chi connectivity index (χ4n) is 2.85. The van der Waals surface area contributed by atoms with Crippen molar-refractivity contribution < 1.29 is 4.79 Å². The lowest BCUT2D eigenvalue weighted by Crippen LogP contribution is -2.39. The van der Waals surface area contributed by atoms with Crippen LogP contribution in [-0.4, -0.2) is 17.4 Å². The molecule has 0 spiro atoms. The minimum Gasteiger partial charge on any atom is -0.351 e. The molecule has 0 fully saturated rings. The Morgan fingerprint density at radius 1 is 0.960 bits per heavy atom. The number of pyridine rings is 1. The maximum absolute atomic E-state index is 12.5. The van der Waals surface area contributed by atoms with Crippen molar-refractivity contribution >= 4 is 17.5 Å². The first kappa shape index (κ1) is 17.2. The largest absolute Gasteiger partial charge is 0.351 e. The molecule has 25 heavy (non-hydrogen) atoms. The maximum Gasteiger partial charge on any atom is 0.252 e. The summed E-state index contributed by atoms with van der Waals surface area (Å²) >= 11 is 5.78. The number of benzene rings is 2. The van der Waals surface area contributed by atoms with Gasteiger partial charge in [-0.2, -0.15) is 0 Å². The monoisotopic (exact) mass is 350 g/mol. The molecular weight excluding hydrogens is 332 g/mol. The summed E-state index contributed by atoms with van der Waals surface area (Å²) in [7, 11) is 0. The van der Waals surface area contributed by atoms with Crippen LogP contribution in [0.1, 0.15) is 28.4 Å². The van der Waals surface area contributed by atoms with Gasteiger partial charge >= 0.3 is 0 Å². The van der Waals surface area contributed by atoms with Crippen LogP contribution in [0.25, 0.3) is 0 Å². The molecule has 1 heterocycles. The molecule has 0 saturated heterocycles. The van der Waals surface area contributed by atoms with Gasteiger partial charge in [0.15, 0.2) is 0 Å². The molecule has 4 heteroatoms. The second-order valence-corrected chi connectivity index (χ2v) is 6.50. The first-order chi connectivity index (χ1) is 12.1. The molecule has 0 aliphatic rings. The summed E-state index contributed by atoms with van der Waals surface area (Å²) in [5, 5.41) is 3.40. The third-order valence-electron chi connectivity index (χ3n) is 4.41. The molecule has 1 N–H and O–H groups in total. The van der Waals surface area contributed by atoms with Gasteiger partial charge in [-0.15, -0.1) is 0 Å². The van der Waals surface area contributed by atoms with Gasteiger partial charge < -0.3 is 5.32 Å². The number of hydrogen-bond donors (Lipinski definition) is 1. The Kier molecular flexibility index (Phi) is 5.15. The number of carbonyl (C=O) groups excluding carboxylic acids is 1. The molecule has 126 valence electrons. The summed E-state index contributed by atoms with van der Waals surface area (Å²) < 4.78 is 0. The van der Waals surface area contributed by atoms with Gasteiger partial charge in [0.1, 0.15) is 5.15 Å². The third-order valence-corrected chi connectivity index (χ3v) is 4.64. The molecule has 0 aliphatic carbocycles. The highest BCUT2D eigenvalue weighted by molar-refractivity contribution is 6.29. The van der Waals surface area contributed by atoms with Gasteiger partial charge in [-0.05, 0) is 30.2 Å². The predicted octanol–water partition coefficient (Wildman–Crippen LogP) is 4.47. The summed E-state index contributed by atoms with van der Waals surface area (Å²) in [5.41, 5.74) is 2.46. The summed E-state index contributed by atoms with van der Waals surface area (Å²) in [6.07, 6.45) is 1.49. The minimum absolute atomic E-state index is 0.165. The van der Waals surface area contributed by atoms with Crippen molar-refractivity contribution in [3.63, 3.8) is 0 Å². The molecule has 3 nitrogen and oxygen atoms in total. The number of nitrogens with zero attached hydrogens (tertiary/aromatic N) is 1. The number of nitrogens with one attached hydrogen (secondary N) is 1. The second-order valence-electron chi connectivity index (χ2n) is 6.12. The SMILES string of the molecule is CC(CNC(=O)c1ccc(Cl)nc1)(c1ccccc1)c1ccccc1. The van der Waals surface area contributed by atoms with Gasteiger partial charge in [0, 0.05) is 18.2 Å². The topological polar surface area (TPSA) is 42.0 Å². The van der Waals surface area contributed by atoms with Crippen molar-refractivity contribution in [2.45, 2.75) is 12.3 Å². The maximum atomic E-state index is 12.5. The van der Waals surface area contributed by atoms with E-state index >= 15 is 0 Å². The van der Waals surface area contributed by atoms with E-state index in [-0.39, 0.29) is 11.3 Å². The minimum atomic E-state index is -0.335. The highest BCUT2D eigenvalue weighted by Gasteiger charge is 2.29. The van der Waals surface area contributed by atoms with E-state index in [1.54, 1.807) is 12.1 Å². The smallest absolute Gasteiger partial charge is 0.252 e. The molecule has 0 radical (unpaired) electrons. The number of rotatable bonds is 5. The Hall–Kier alpha value is -2.65. The van der Waals surface area contributed by atoms with Crippen LogP contribution in [0.15, 0.2) is 79.0 Å². The lowest BCUT2D eigenvalue weighted by atomic mass is 9.76. The van der Waals surface area contributed by atoms with Gasteiger partial charge in [-0.25, -0.2) is 4.98 Å². The van der Waals surface area contributed by atoms with Gasteiger partial charge in [0.25, 0.3) is 5.91 Å². The standard InChI is InChI=1S/C21H19ClN2O/c1-21(17-8-4-2-5-9-17,18-10-6-3-7-11-18)15-24-20(25)16-12-13-19(22)23-14-16/h2-14H,15H2,1H3,(H,24,25). The molecular formula is C21H19ClN2O. The molecule has 0 aliphatic heterocycles. The molecule has 0 unspecified atom stereocenters. The third kappa shape index (κ3) is 3.89. The van der Waals surface area contributed by atoms with E-state index in [0.717, 1.165) is 11.1 Å². The number of hydrogen-bond acceptors (Lipinski definition) is 2. The number of halogens is 1. The Morgan fingerprint density at radius 3 is 2.00 bits per heavy atom. The van der Waals surface area contributed by atoms with Crippen molar-refractivity contribution in [2.75, 3.05) is 6.54 Å². The van der Waals surface area contributed by atoms with E-state index < -0.39 is 0 Å². The van der Waals surface area contributed by atoms with E-state index in [1.165, 1.54) is 6.20 Å². The van der Waals surface area contributed by atoms with Crippen LogP contribution in [0, 0.1) is 0 Å². The van der Waals surface area contributed by atoms with E-state index in [0.29, 0.717) is 17.3 Å². The first-order valence-corrected chi connectivity index (χ1v) is 8.48. The average Bonchev–Trinajstić information content (AvgIpc) is 2.68. The second kappa shape index (κ2) is 7.49. The van der Waals surface area contributed by atoms with Crippen LogP contribution in [0.4, 0.5) is 0 Å². The quantitative estimate of drug-likeness (QED) is 0.690. The van der Waals surface area contributed by atoms with Crippen molar-refractivity contribution in [1.82, 2.24) is 10.3 Å². The van der Waals surface area contributed by atoms with Crippen LogP contribution >= 0.6 is 11.6 Å². The van der Waals surface area contributed by atoms with Crippen LogP contribution < -0.4 is 5.32 Å². The van der Waals surface area contributed by atoms with Crippen molar-refractivity contribution in [3.05, 3.63) is 101 Å². The summed E-state index contributed by atoms with van der Waals surface area (Å²) in [6, 6.07) is 23.7. The molecule has 0 bridgehead atoms. The zero-order chi connectivity index (χ0) is 17.7. The highest BCUT2D eigenvalue weighted by Crippen LogP contribution is 2.31. The van der Waals surface area contributed by atoms with Gasteiger partial charge in [-0.1, -0.05) is 72.3 Å². The van der Waals surface area contributed by atoms with E-state index in [1.807, 2.05) is 36.4 Å². The van der Waals surface area contributed by atoms with Crippen LogP contribution in [0.5, 0.6) is 0 Å². The van der Waals surface area contributed by atoms with E-state index in [4.69, 9.17) is 11.6 Å². The summed E-state index contributed by atoms with van der Waals surface area (Å²) in [6.45, 7) is 2.61. The summed E-state index contributed by atoms with van der Waals surface area (Å²) in [5.74, 6) is -0.165. The zero-order valence-corrected chi connectivity index (χ0v) is 14.7. The van der Waals surface area contributed by atoms with Crippen LogP contribution in [0.3, 0.4) is 0 Å². The zero-order valence-electron chi connectivity index (χ0n) is 13.9. The fourth-order valence-corrected chi connectivity index (χ4v) is 2.96. The molecule has 1 aromatic heterocycles. The van der Waals surface area contributed by atoms with Gasteiger partial charge in [0.05, 0.1) is 5.56 Å². The van der Waals surface area contributed by atoms with E-state index in [2.05, 4.69) is 41.5 Å². The Bertz CT molecular complexity index is 793. The number of amides is 1. The number of carbonyl (C=O) groups is 1. The van der Waals surface area contributed by atoms with Gasteiger partial charge in [0.2, 0.25) is 0 Å². The fraction of sp³-hybridized carbons (Fsp3) is 0.143. The van der Waals surface area contributed by atoms with Crippen molar-refractivity contribution in [2.24, 2.45) is 0 Å². The highest BCUT2D eigenvalue weighted by atomic mass is 35.5. The van der Waals surface area contributed by atoms with Gasteiger partial charge in [-0.3, -0.25) is 4.79 Å². The Balaban J connectivity index is 1.86. The molecule has 0 atom stereocenters. The molecule has 3 aromatic rings. The molecule has 0 saturated carbocycles. The van der Waals surface area contributed by atoms with Crippen LogP contribution in [-0.2, 0) is 5.41 Å². The number of aromatic nitrogens is 1. The summed E-state index contributed by atoms with van der Waals surface area (Å²) in [4.78, 5) is 16.4. The normalized spacial score (nSPS) is 11.1. The van der Waals surface area contributed by atoms with Crippen LogP contribution in [0.2, 0.25) is 5.15 Å². The molecule has 2 aromatic carbocycles. The lowest BCUT2D eigenvalue weighted by Gasteiger charge is -2.31. The van der Waals surface area contributed by atoms with E-state index in [9.17, 15) is 4.79 Å². The predicted molar refractivity (Wildman–Crippen MR) is 101 cm³/mol. The molecule has 3 rings (SSSR count). The average molecular weight is 351 g/mol. The van der Waals surface area contributed by atoms with Crippen molar-refractivity contribution in [3.8, 4) is 0 Å². The van der Waals surface area contributed by atoms with Crippen molar-refractivity contribution in [1.29, 1.82) is 0 Å². The lowest BCUT2D eigenvalue weighted by molar-refractivity contribution is 0.0947. The Morgan fingerprint density at radius 2 is 1.52 bits per heavy atom. The molecule has 1 amide bonds.